The van der Waals surface area contributed by atoms with Gasteiger partial charge in [-0.1, -0.05) is 0 Å². The molecule has 0 aromatic carbocycles. The van der Waals surface area contributed by atoms with Crippen LogP contribution in [0.4, 0.5) is 4.79 Å². The van der Waals surface area contributed by atoms with Crippen LogP contribution in [0, 0.1) is 0 Å². The summed E-state index contributed by atoms with van der Waals surface area (Å²) in [6, 6.07) is -0.273. The topological polar surface area (TPSA) is 68.1 Å². The number of amides is 1. The second-order valence-corrected chi connectivity index (χ2v) is 4.00. The predicted molar refractivity (Wildman–Crippen MR) is 54.4 cm³/mol. The third-order valence-electron chi connectivity index (χ3n) is 2.99. The summed E-state index contributed by atoms with van der Waals surface area (Å²) in [6.45, 7) is 2.28. The van der Waals surface area contributed by atoms with E-state index in [9.17, 15) is 4.79 Å². The number of carbonyl (C=O) groups excluding carboxylic acids is 1. The fraction of sp³-hybridized carbons (Fsp3) is 0.900. The van der Waals surface area contributed by atoms with E-state index in [2.05, 4.69) is 5.32 Å². The first-order chi connectivity index (χ1) is 7.67. The van der Waals surface area contributed by atoms with Crippen LogP contribution in [0.25, 0.3) is 5.32 Å². The Kier molecular flexibility index (Phi) is 5.79. The Bertz CT molecular complexity index is 277. The molecule has 2 aliphatic heterocycles. The van der Waals surface area contributed by atoms with Gasteiger partial charge in [0.1, 0.15) is 18.3 Å². The molecule has 0 N–H and O–H groups in total. The summed E-state index contributed by atoms with van der Waals surface area (Å²) in [5, 5.41) is 3.88. The number of nitrogens with zero attached hydrogens (tertiary/aromatic N) is 1. The van der Waals surface area contributed by atoms with E-state index < -0.39 is 6.09 Å². The zero-order valence-corrected chi connectivity index (χ0v) is 13.0. The number of hydrogen-bond acceptors (Lipinski definition) is 5. The Morgan fingerprint density at radius 1 is 1.41 bits per heavy atom. The second-order valence-electron chi connectivity index (χ2n) is 4.00. The van der Waals surface area contributed by atoms with Gasteiger partial charge in [0.25, 0.3) is 0 Å². The summed E-state index contributed by atoms with van der Waals surface area (Å²) in [5.74, 6) is 0. The molecule has 17 heavy (non-hydrogen) atoms. The monoisotopic (exact) mass is 319 g/mol. The number of carbonyl (C=O) groups is 1. The van der Waals surface area contributed by atoms with Crippen LogP contribution >= 0.6 is 0 Å². The number of fused-ring (bicyclic) bond motifs is 1. The van der Waals surface area contributed by atoms with Gasteiger partial charge in [-0.25, -0.2) is 0 Å². The van der Waals surface area contributed by atoms with Crippen LogP contribution in [0.1, 0.15) is 6.92 Å². The SMILES string of the molecule is COCC1OC(C)C2[N-]C(=O)O[C@H]2[C@@H]1OC.[Y]. The second kappa shape index (κ2) is 6.43. The minimum Gasteiger partial charge on any atom is -0.610 e. The average molecular weight is 319 g/mol. The zero-order valence-electron chi connectivity index (χ0n) is 10.2. The Balaban J connectivity index is 0.00000144. The molecule has 2 aliphatic rings. The maximum Gasteiger partial charge on any atom is 0.230 e. The van der Waals surface area contributed by atoms with Crippen molar-refractivity contribution >= 4 is 6.09 Å². The summed E-state index contributed by atoms with van der Waals surface area (Å²) in [4.78, 5) is 11.1. The van der Waals surface area contributed by atoms with Crippen molar-refractivity contribution in [3.05, 3.63) is 5.32 Å². The first-order valence-corrected chi connectivity index (χ1v) is 5.26. The van der Waals surface area contributed by atoms with Crippen molar-refractivity contribution in [1.29, 1.82) is 0 Å². The van der Waals surface area contributed by atoms with Gasteiger partial charge in [-0.15, -0.1) is 0 Å². The summed E-state index contributed by atoms with van der Waals surface area (Å²) in [5.41, 5.74) is 0. The van der Waals surface area contributed by atoms with E-state index in [0.717, 1.165) is 0 Å². The van der Waals surface area contributed by atoms with Crippen molar-refractivity contribution in [2.45, 2.75) is 37.4 Å². The zero-order chi connectivity index (χ0) is 11.7. The van der Waals surface area contributed by atoms with E-state index in [1.54, 1.807) is 14.2 Å². The van der Waals surface area contributed by atoms with Gasteiger partial charge in [0.15, 0.2) is 0 Å². The van der Waals surface area contributed by atoms with Gasteiger partial charge in [0.05, 0.1) is 6.61 Å². The first-order valence-electron chi connectivity index (χ1n) is 5.26. The van der Waals surface area contributed by atoms with E-state index in [4.69, 9.17) is 18.9 Å². The van der Waals surface area contributed by atoms with Crippen LogP contribution < -0.4 is 0 Å². The van der Waals surface area contributed by atoms with Crippen molar-refractivity contribution in [2.24, 2.45) is 0 Å². The smallest absolute Gasteiger partial charge is 0.230 e. The molecule has 0 aliphatic carbocycles. The van der Waals surface area contributed by atoms with Crippen LogP contribution in [0.15, 0.2) is 0 Å². The number of rotatable bonds is 3. The molecular formula is C10H16NO5Y-. The van der Waals surface area contributed by atoms with Crippen LogP contribution in [-0.4, -0.2) is 57.4 Å². The Labute approximate surface area is 126 Å². The molecule has 5 atom stereocenters. The van der Waals surface area contributed by atoms with Gasteiger partial charge in [0, 0.05) is 53.0 Å². The van der Waals surface area contributed by atoms with Crippen molar-refractivity contribution in [1.82, 2.24) is 0 Å². The molecule has 95 valence electrons. The van der Waals surface area contributed by atoms with E-state index in [0.29, 0.717) is 6.61 Å². The molecule has 3 unspecified atom stereocenters. The van der Waals surface area contributed by atoms with E-state index in [-0.39, 0.29) is 63.2 Å². The van der Waals surface area contributed by atoms with Gasteiger partial charge >= 0.3 is 0 Å². The summed E-state index contributed by atoms with van der Waals surface area (Å²) < 4.78 is 21.3. The Hall–Kier alpha value is 0.254. The van der Waals surface area contributed by atoms with Gasteiger partial charge in [-0.05, 0) is 13.0 Å². The van der Waals surface area contributed by atoms with Crippen molar-refractivity contribution in [3.63, 3.8) is 0 Å². The third-order valence-corrected chi connectivity index (χ3v) is 2.99. The summed E-state index contributed by atoms with van der Waals surface area (Å²) in [7, 11) is 3.16. The van der Waals surface area contributed by atoms with Gasteiger partial charge in [0.2, 0.25) is 6.09 Å². The quantitative estimate of drug-likeness (QED) is 0.766. The normalized spacial score (nSPS) is 39.9. The van der Waals surface area contributed by atoms with E-state index in [1.807, 2.05) is 6.92 Å². The standard InChI is InChI=1S/C10H17NO5.Y/c1-5-7-9(16-10(12)11-7)8(14-3)6(15-5)4-13-2;/h5-9H,4H2,1-3H3,(H,11,12);/p-1/t5?,6?,7?,8-,9-;/m1./s1. The Morgan fingerprint density at radius 3 is 2.71 bits per heavy atom. The van der Waals surface area contributed by atoms with Crippen molar-refractivity contribution < 1.29 is 56.5 Å². The largest absolute Gasteiger partial charge is 0.610 e. The molecular weight excluding hydrogens is 303 g/mol. The molecule has 7 heteroatoms. The average Bonchev–Trinajstić information content (AvgIpc) is 2.61. The van der Waals surface area contributed by atoms with E-state index in [1.165, 1.54) is 0 Å². The molecule has 0 spiro atoms. The summed E-state index contributed by atoms with van der Waals surface area (Å²) >= 11 is 0. The van der Waals surface area contributed by atoms with Crippen LogP contribution in [0.2, 0.25) is 0 Å². The van der Waals surface area contributed by atoms with Crippen LogP contribution in [0.3, 0.4) is 0 Å². The minimum atomic E-state index is -0.537. The number of ether oxygens (including phenoxy) is 4. The van der Waals surface area contributed by atoms with Crippen molar-refractivity contribution in [2.75, 3.05) is 20.8 Å². The molecule has 2 saturated heterocycles. The van der Waals surface area contributed by atoms with Crippen molar-refractivity contribution in [3.8, 4) is 0 Å². The molecule has 0 bridgehead atoms. The fourth-order valence-electron chi connectivity index (χ4n) is 2.27. The molecule has 2 fully saturated rings. The number of hydrogen-bond donors (Lipinski definition) is 0. The minimum absolute atomic E-state index is 0. The predicted octanol–water partition coefficient (Wildman–Crippen LogP) is 0.694. The maximum atomic E-state index is 11.1. The van der Waals surface area contributed by atoms with Gasteiger partial charge in [-0.2, -0.15) is 0 Å². The summed E-state index contributed by atoms with van der Waals surface area (Å²) in [6.07, 6.45) is -1.61. The fourth-order valence-corrected chi connectivity index (χ4v) is 2.27. The molecule has 6 nitrogen and oxygen atoms in total. The van der Waals surface area contributed by atoms with Gasteiger partial charge < -0.3 is 24.3 Å². The third kappa shape index (κ3) is 2.99. The molecule has 0 saturated carbocycles. The Morgan fingerprint density at radius 2 is 2.12 bits per heavy atom. The van der Waals surface area contributed by atoms with Crippen LogP contribution in [0.5, 0.6) is 0 Å². The molecule has 2 heterocycles. The maximum absolute atomic E-state index is 11.1. The first kappa shape index (κ1) is 15.3. The molecule has 0 aromatic heterocycles. The molecule has 0 aromatic rings. The molecule has 1 amide bonds. The van der Waals surface area contributed by atoms with Crippen LogP contribution in [-0.2, 0) is 51.7 Å². The molecule has 2 rings (SSSR count). The van der Waals surface area contributed by atoms with Gasteiger partial charge in [-0.3, -0.25) is 4.79 Å². The molecule has 1 radical (unpaired) electrons. The number of methoxy groups -OCH3 is 2. The van der Waals surface area contributed by atoms with E-state index >= 15 is 0 Å².